The Bertz CT molecular complexity index is 318. The van der Waals surface area contributed by atoms with Crippen molar-refractivity contribution >= 4 is 15.0 Å². The van der Waals surface area contributed by atoms with Crippen molar-refractivity contribution in [2.75, 3.05) is 6.61 Å². The zero-order valence-corrected chi connectivity index (χ0v) is 12.5. The topological polar surface area (TPSA) is 36.9 Å². The van der Waals surface area contributed by atoms with Gasteiger partial charge in [0.05, 0.1) is 0 Å². The molecule has 0 saturated carbocycles. The van der Waals surface area contributed by atoms with Gasteiger partial charge in [-0.15, -0.1) is 0 Å². The van der Waals surface area contributed by atoms with Crippen LogP contribution in [0.25, 0.3) is 0 Å². The first-order chi connectivity index (χ1) is 7.86. The number of hydrogen-bond donors (Lipinski definition) is 0. The van der Waals surface area contributed by atoms with Crippen molar-refractivity contribution in [2.45, 2.75) is 67.7 Å². The van der Waals surface area contributed by atoms with E-state index in [9.17, 15) is 0 Å². The van der Waals surface area contributed by atoms with Gasteiger partial charge in [-0.05, 0) is 0 Å². The van der Waals surface area contributed by atoms with Crippen molar-refractivity contribution in [1.29, 1.82) is 0 Å². The van der Waals surface area contributed by atoms with Crippen molar-refractivity contribution in [2.24, 2.45) is 0 Å². The maximum absolute atomic E-state index is 6.07. The third-order valence-electron chi connectivity index (χ3n) is 3.40. The van der Waals surface area contributed by atoms with Crippen molar-refractivity contribution < 1.29 is 18.9 Å². The molecule has 0 aromatic carbocycles. The molecule has 0 amide bonds. The van der Waals surface area contributed by atoms with Crippen LogP contribution >= 0.6 is 0 Å². The number of hydrogen-bond acceptors (Lipinski definition) is 4. The molecule has 0 spiro atoms. The van der Waals surface area contributed by atoms with Gasteiger partial charge in [0.1, 0.15) is 0 Å². The van der Waals surface area contributed by atoms with Gasteiger partial charge in [0.2, 0.25) is 0 Å². The Morgan fingerprint density at radius 2 is 1.65 bits per heavy atom. The molecule has 3 aliphatic heterocycles. The molecule has 3 aliphatic rings. The van der Waals surface area contributed by atoms with Crippen LogP contribution in [0.5, 0.6) is 0 Å². The van der Waals surface area contributed by atoms with Gasteiger partial charge in [0, 0.05) is 0 Å². The summed E-state index contributed by atoms with van der Waals surface area (Å²) in [6.45, 7) is 8.71. The van der Waals surface area contributed by atoms with Crippen LogP contribution in [0.2, 0.25) is 10.1 Å². The third-order valence-corrected chi connectivity index (χ3v) is 6.24. The molecule has 0 radical (unpaired) electrons. The Hall–Kier alpha value is 0.359. The zero-order valence-electron chi connectivity index (χ0n) is 10.8. The normalized spacial score (nSPS) is 47.3. The summed E-state index contributed by atoms with van der Waals surface area (Å²) >= 11 is 0.520. The average Bonchev–Trinajstić information content (AvgIpc) is 2.51. The molecule has 17 heavy (non-hydrogen) atoms. The van der Waals surface area contributed by atoms with Crippen LogP contribution in [0.15, 0.2) is 0 Å². The summed E-state index contributed by atoms with van der Waals surface area (Å²) in [6.07, 6.45) is 0.424. The molecule has 3 rings (SSSR count). The van der Waals surface area contributed by atoms with Crippen molar-refractivity contribution in [1.82, 2.24) is 0 Å². The quantitative estimate of drug-likeness (QED) is 0.637. The fourth-order valence-corrected chi connectivity index (χ4v) is 5.37. The second-order valence-electron chi connectivity index (χ2n) is 5.80. The summed E-state index contributed by atoms with van der Waals surface area (Å²) in [6, 6.07) is 0. The second kappa shape index (κ2) is 3.92. The van der Waals surface area contributed by atoms with E-state index in [0.717, 1.165) is 11.9 Å². The Labute approximate surface area is 108 Å². The third kappa shape index (κ3) is 2.29. The van der Waals surface area contributed by atoms with E-state index in [2.05, 4.69) is 0 Å². The molecule has 4 nitrogen and oxygen atoms in total. The average molecular weight is 307 g/mol. The van der Waals surface area contributed by atoms with Crippen LogP contribution in [0.4, 0.5) is 0 Å². The summed E-state index contributed by atoms with van der Waals surface area (Å²) in [5, 5.41) is 1.11. The van der Waals surface area contributed by atoms with E-state index in [1.807, 2.05) is 27.7 Å². The molecule has 0 N–H and O–H groups in total. The molecular weight excluding hydrogens is 287 g/mol. The van der Waals surface area contributed by atoms with E-state index in [4.69, 9.17) is 18.9 Å². The predicted octanol–water partition coefficient (Wildman–Crippen LogP) is 1.58. The molecule has 3 heterocycles. The van der Waals surface area contributed by atoms with Gasteiger partial charge >= 0.3 is 108 Å². The number of rotatable bonds is 0. The Kier molecular flexibility index (Phi) is 2.86. The van der Waals surface area contributed by atoms with E-state index in [-0.39, 0.29) is 18.3 Å². The molecule has 5 heteroatoms. The molecular formula is C12H20O4Se. The molecule has 0 bridgehead atoms. The van der Waals surface area contributed by atoms with Gasteiger partial charge in [-0.3, -0.25) is 0 Å². The van der Waals surface area contributed by atoms with Crippen LogP contribution in [-0.4, -0.2) is 51.4 Å². The summed E-state index contributed by atoms with van der Waals surface area (Å²) in [7, 11) is 0. The molecule has 3 fully saturated rings. The molecule has 3 saturated heterocycles. The van der Waals surface area contributed by atoms with E-state index >= 15 is 0 Å². The number of ether oxygens (including phenoxy) is 4. The summed E-state index contributed by atoms with van der Waals surface area (Å²) in [4.78, 5) is 0.509. The summed E-state index contributed by atoms with van der Waals surface area (Å²) in [5.41, 5.74) is 0. The first-order valence-electron chi connectivity index (χ1n) is 6.15. The summed E-state index contributed by atoms with van der Waals surface area (Å²) < 4.78 is 23.8. The van der Waals surface area contributed by atoms with Gasteiger partial charge in [0.25, 0.3) is 0 Å². The Balaban J connectivity index is 1.80. The maximum atomic E-state index is 6.07. The predicted molar refractivity (Wildman–Crippen MR) is 63.0 cm³/mol. The standard InChI is InChI=1S/C12H20O4Se/c1-11(2)13-5-8-10(16-11)9-7(6-17-8)14-12(3,4)15-9/h7-10H,5-6H2,1-4H3/t7-,8?,9?,10-/m1/s1. The van der Waals surface area contributed by atoms with Gasteiger partial charge < -0.3 is 0 Å². The van der Waals surface area contributed by atoms with Crippen molar-refractivity contribution in [3.8, 4) is 0 Å². The summed E-state index contributed by atoms with van der Waals surface area (Å²) in [5.74, 6) is -0.957. The molecule has 0 aliphatic carbocycles. The van der Waals surface area contributed by atoms with Crippen LogP contribution < -0.4 is 0 Å². The van der Waals surface area contributed by atoms with Gasteiger partial charge in [0.15, 0.2) is 0 Å². The molecule has 4 atom stereocenters. The van der Waals surface area contributed by atoms with Crippen LogP contribution in [0.3, 0.4) is 0 Å². The van der Waals surface area contributed by atoms with Gasteiger partial charge in [-0.2, -0.15) is 0 Å². The van der Waals surface area contributed by atoms with Crippen molar-refractivity contribution in [3.63, 3.8) is 0 Å². The first kappa shape index (κ1) is 12.4. The number of fused-ring (bicyclic) bond motifs is 3. The Morgan fingerprint density at radius 3 is 2.41 bits per heavy atom. The van der Waals surface area contributed by atoms with E-state index in [1.165, 1.54) is 0 Å². The van der Waals surface area contributed by atoms with Crippen LogP contribution in [0.1, 0.15) is 27.7 Å². The fourth-order valence-electron chi connectivity index (χ4n) is 2.73. The SMILES string of the molecule is CC1(C)OCC2[Se]C[C@H]3OC(C)(C)OC3[C@@H]2O1. The fraction of sp³-hybridized carbons (Fsp3) is 1.00. The van der Waals surface area contributed by atoms with Crippen molar-refractivity contribution in [3.05, 3.63) is 0 Å². The molecule has 2 unspecified atom stereocenters. The van der Waals surface area contributed by atoms with E-state index < -0.39 is 11.6 Å². The van der Waals surface area contributed by atoms with Crippen LogP contribution in [0, 0.1) is 0 Å². The minimum atomic E-state index is -0.491. The molecule has 98 valence electrons. The minimum absolute atomic E-state index is 0.0776. The van der Waals surface area contributed by atoms with Crippen LogP contribution in [-0.2, 0) is 18.9 Å². The Morgan fingerprint density at radius 1 is 0.941 bits per heavy atom. The second-order valence-corrected chi connectivity index (χ2v) is 8.47. The molecule has 0 aromatic heterocycles. The zero-order chi connectivity index (χ0) is 12.3. The first-order valence-corrected chi connectivity index (χ1v) is 8.35. The van der Waals surface area contributed by atoms with Gasteiger partial charge in [-0.1, -0.05) is 0 Å². The van der Waals surface area contributed by atoms with E-state index in [0.29, 0.717) is 19.8 Å². The molecule has 0 aromatic rings. The van der Waals surface area contributed by atoms with E-state index in [1.54, 1.807) is 0 Å². The monoisotopic (exact) mass is 308 g/mol. The van der Waals surface area contributed by atoms with Gasteiger partial charge in [-0.25, -0.2) is 0 Å².